The number of hydrogen-bond acceptors (Lipinski definition) is 3. The SMILES string of the molecule is CCC(C)(O)CNS(=O)(=O)c1cc(C)ccc1C. The molecule has 0 radical (unpaired) electrons. The third kappa shape index (κ3) is 3.80. The van der Waals surface area contributed by atoms with Gasteiger partial charge in [0, 0.05) is 6.54 Å². The molecule has 0 aliphatic carbocycles. The van der Waals surface area contributed by atoms with Gasteiger partial charge in [0.05, 0.1) is 10.5 Å². The molecular formula is C13H21NO3S. The molecule has 0 saturated carbocycles. The van der Waals surface area contributed by atoms with Crippen molar-refractivity contribution in [2.75, 3.05) is 6.54 Å². The third-order valence-electron chi connectivity index (χ3n) is 3.04. The summed E-state index contributed by atoms with van der Waals surface area (Å²) in [6, 6.07) is 5.29. The molecule has 0 aromatic heterocycles. The van der Waals surface area contributed by atoms with Crippen molar-refractivity contribution in [3.63, 3.8) is 0 Å². The van der Waals surface area contributed by atoms with Gasteiger partial charge in [-0.25, -0.2) is 13.1 Å². The average Bonchev–Trinajstić information content (AvgIpc) is 2.30. The molecule has 0 heterocycles. The Morgan fingerprint density at radius 1 is 1.33 bits per heavy atom. The van der Waals surface area contributed by atoms with E-state index in [0.717, 1.165) is 5.56 Å². The number of rotatable bonds is 5. The number of aliphatic hydroxyl groups is 1. The van der Waals surface area contributed by atoms with Crippen LogP contribution in [0.25, 0.3) is 0 Å². The molecule has 1 rings (SSSR count). The lowest BCUT2D eigenvalue weighted by Crippen LogP contribution is -2.40. The van der Waals surface area contributed by atoms with Crippen molar-refractivity contribution >= 4 is 10.0 Å². The molecule has 0 amide bonds. The highest BCUT2D eigenvalue weighted by atomic mass is 32.2. The van der Waals surface area contributed by atoms with Crippen LogP contribution >= 0.6 is 0 Å². The number of benzene rings is 1. The highest BCUT2D eigenvalue weighted by molar-refractivity contribution is 7.89. The largest absolute Gasteiger partial charge is 0.389 e. The zero-order valence-electron chi connectivity index (χ0n) is 11.3. The van der Waals surface area contributed by atoms with E-state index in [-0.39, 0.29) is 11.4 Å². The Balaban J connectivity index is 2.97. The molecule has 1 aromatic carbocycles. The Bertz CT molecular complexity index is 521. The fourth-order valence-corrected chi connectivity index (χ4v) is 2.94. The van der Waals surface area contributed by atoms with E-state index in [4.69, 9.17) is 0 Å². The summed E-state index contributed by atoms with van der Waals surface area (Å²) in [5, 5.41) is 9.83. The second-order valence-electron chi connectivity index (χ2n) is 4.94. The van der Waals surface area contributed by atoms with Gasteiger partial charge in [-0.2, -0.15) is 0 Å². The van der Waals surface area contributed by atoms with Crippen molar-refractivity contribution in [1.29, 1.82) is 0 Å². The Morgan fingerprint density at radius 2 is 1.94 bits per heavy atom. The van der Waals surface area contributed by atoms with E-state index in [9.17, 15) is 13.5 Å². The fraction of sp³-hybridized carbons (Fsp3) is 0.538. The lowest BCUT2D eigenvalue weighted by molar-refractivity contribution is 0.0613. The second kappa shape index (κ2) is 5.38. The lowest BCUT2D eigenvalue weighted by Gasteiger charge is -2.21. The summed E-state index contributed by atoms with van der Waals surface area (Å²) in [6.07, 6.45) is 0.488. The highest BCUT2D eigenvalue weighted by Gasteiger charge is 2.23. The Labute approximate surface area is 109 Å². The maximum atomic E-state index is 12.1. The van der Waals surface area contributed by atoms with Gasteiger partial charge in [0.25, 0.3) is 0 Å². The van der Waals surface area contributed by atoms with Crippen LogP contribution in [0.2, 0.25) is 0 Å². The van der Waals surface area contributed by atoms with Crippen LogP contribution in [0.4, 0.5) is 0 Å². The summed E-state index contributed by atoms with van der Waals surface area (Å²) < 4.78 is 26.7. The van der Waals surface area contributed by atoms with Crippen LogP contribution < -0.4 is 4.72 Å². The first-order valence-corrected chi connectivity index (χ1v) is 7.45. The van der Waals surface area contributed by atoms with Gasteiger partial charge < -0.3 is 5.11 Å². The van der Waals surface area contributed by atoms with E-state index in [1.54, 1.807) is 26.0 Å². The predicted molar refractivity (Wildman–Crippen MR) is 72.0 cm³/mol. The van der Waals surface area contributed by atoms with Crippen LogP contribution in [0.3, 0.4) is 0 Å². The average molecular weight is 271 g/mol. The Morgan fingerprint density at radius 3 is 2.50 bits per heavy atom. The first-order valence-electron chi connectivity index (χ1n) is 5.97. The van der Waals surface area contributed by atoms with Crippen molar-refractivity contribution in [2.24, 2.45) is 0 Å². The summed E-state index contributed by atoms with van der Waals surface area (Å²) >= 11 is 0. The minimum atomic E-state index is -3.57. The first-order chi connectivity index (χ1) is 8.18. The summed E-state index contributed by atoms with van der Waals surface area (Å²) in [5.41, 5.74) is 0.567. The van der Waals surface area contributed by atoms with Crippen LogP contribution in [0, 0.1) is 13.8 Å². The molecule has 18 heavy (non-hydrogen) atoms. The minimum Gasteiger partial charge on any atom is -0.389 e. The van der Waals surface area contributed by atoms with Crippen molar-refractivity contribution in [3.05, 3.63) is 29.3 Å². The minimum absolute atomic E-state index is 0.0131. The van der Waals surface area contributed by atoms with Gasteiger partial charge >= 0.3 is 0 Å². The Hall–Kier alpha value is -0.910. The van der Waals surface area contributed by atoms with Crippen LogP contribution in [-0.4, -0.2) is 25.7 Å². The van der Waals surface area contributed by atoms with Crippen molar-refractivity contribution in [3.8, 4) is 0 Å². The molecule has 0 aliphatic rings. The van der Waals surface area contributed by atoms with Gasteiger partial charge in [-0.05, 0) is 44.4 Å². The van der Waals surface area contributed by atoms with E-state index < -0.39 is 15.6 Å². The molecule has 2 N–H and O–H groups in total. The summed E-state index contributed by atoms with van der Waals surface area (Å²) in [7, 11) is -3.57. The zero-order valence-corrected chi connectivity index (χ0v) is 12.1. The third-order valence-corrected chi connectivity index (χ3v) is 4.58. The lowest BCUT2D eigenvalue weighted by atomic mass is 10.1. The molecule has 4 nitrogen and oxygen atoms in total. The van der Waals surface area contributed by atoms with Gasteiger partial charge in [0.15, 0.2) is 0 Å². The van der Waals surface area contributed by atoms with Gasteiger partial charge in [0.1, 0.15) is 0 Å². The number of aryl methyl sites for hydroxylation is 2. The molecular weight excluding hydrogens is 250 g/mol. The van der Waals surface area contributed by atoms with Crippen molar-refractivity contribution in [1.82, 2.24) is 4.72 Å². The second-order valence-corrected chi connectivity index (χ2v) is 6.68. The highest BCUT2D eigenvalue weighted by Crippen LogP contribution is 2.17. The molecule has 0 aliphatic heterocycles. The smallest absolute Gasteiger partial charge is 0.240 e. The van der Waals surface area contributed by atoms with Crippen LogP contribution in [-0.2, 0) is 10.0 Å². The zero-order chi connectivity index (χ0) is 14.0. The first kappa shape index (κ1) is 15.1. The summed E-state index contributed by atoms with van der Waals surface area (Å²) in [6.45, 7) is 7.04. The van der Waals surface area contributed by atoms with E-state index >= 15 is 0 Å². The van der Waals surface area contributed by atoms with Crippen molar-refractivity contribution < 1.29 is 13.5 Å². The van der Waals surface area contributed by atoms with Crippen molar-refractivity contribution in [2.45, 2.75) is 44.6 Å². The van der Waals surface area contributed by atoms with Gasteiger partial charge in [-0.1, -0.05) is 19.1 Å². The van der Waals surface area contributed by atoms with E-state index in [2.05, 4.69) is 4.72 Å². The molecule has 0 bridgehead atoms. The number of sulfonamides is 1. The summed E-state index contributed by atoms with van der Waals surface area (Å²) in [4.78, 5) is 0.273. The monoisotopic (exact) mass is 271 g/mol. The van der Waals surface area contributed by atoms with Gasteiger partial charge in [-0.15, -0.1) is 0 Å². The molecule has 1 atom stereocenters. The van der Waals surface area contributed by atoms with Gasteiger partial charge in [-0.3, -0.25) is 0 Å². The van der Waals surface area contributed by atoms with Gasteiger partial charge in [0.2, 0.25) is 10.0 Å². The Kier molecular flexibility index (Phi) is 4.53. The van der Waals surface area contributed by atoms with Crippen LogP contribution in [0.1, 0.15) is 31.4 Å². The van der Waals surface area contributed by atoms with E-state index in [1.165, 1.54) is 0 Å². The normalized spacial score (nSPS) is 15.4. The number of hydrogen-bond donors (Lipinski definition) is 2. The number of nitrogens with one attached hydrogen (secondary N) is 1. The molecule has 5 heteroatoms. The molecule has 1 unspecified atom stereocenters. The van der Waals surface area contributed by atoms with Crippen LogP contribution in [0.15, 0.2) is 23.1 Å². The molecule has 1 aromatic rings. The quantitative estimate of drug-likeness (QED) is 0.857. The predicted octanol–water partition coefficient (Wildman–Crippen LogP) is 1.74. The molecule has 0 fully saturated rings. The topological polar surface area (TPSA) is 66.4 Å². The van der Waals surface area contributed by atoms with Crippen LogP contribution in [0.5, 0.6) is 0 Å². The maximum absolute atomic E-state index is 12.1. The molecule has 0 saturated heterocycles. The molecule has 102 valence electrons. The molecule has 0 spiro atoms. The fourth-order valence-electron chi connectivity index (χ4n) is 1.45. The van der Waals surface area contributed by atoms with E-state index in [0.29, 0.717) is 12.0 Å². The summed E-state index contributed by atoms with van der Waals surface area (Å²) in [5.74, 6) is 0. The standard InChI is InChI=1S/C13H21NO3S/c1-5-13(4,15)9-14-18(16,17)12-8-10(2)6-7-11(12)3/h6-8,14-15H,5,9H2,1-4H3. The maximum Gasteiger partial charge on any atom is 0.240 e. The van der Waals surface area contributed by atoms with E-state index in [1.807, 2.05) is 19.9 Å².